The van der Waals surface area contributed by atoms with Crippen molar-refractivity contribution in [3.8, 4) is 0 Å². The van der Waals surface area contributed by atoms with E-state index in [-0.39, 0.29) is 14.7 Å². The van der Waals surface area contributed by atoms with Crippen molar-refractivity contribution in [2.75, 3.05) is 6.26 Å². The van der Waals surface area contributed by atoms with E-state index in [1.54, 1.807) is 24.8 Å². The van der Waals surface area contributed by atoms with Crippen molar-refractivity contribution in [1.82, 2.24) is 14.5 Å². The van der Waals surface area contributed by atoms with Crippen molar-refractivity contribution >= 4 is 49.9 Å². The molecular formula is C19H15N3O4S3. The van der Waals surface area contributed by atoms with Crippen LogP contribution < -0.4 is 0 Å². The predicted octanol–water partition coefficient (Wildman–Crippen LogP) is 3.79. The molecule has 3 aromatic heterocycles. The Kier molecular flexibility index (Phi) is 5.15. The van der Waals surface area contributed by atoms with Crippen LogP contribution in [-0.4, -0.2) is 40.3 Å². The zero-order valence-electron chi connectivity index (χ0n) is 15.1. The molecule has 4 aromatic rings. The number of thiophene rings is 1. The number of carboxylic acids is 1. The lowest BCUT2D eigenvalue weighted by molar-refractivity contribution is 0.0702. The van der Waals surface area contributed by atoms with E-state index in [1.807, 2.05) is 22.8 Å². The van der Waals surface area contributed by atoms with Gasteiger partial charge in [0.1, 0.15) is 4.88 Å². The van der Waals surface area contributed by atoms with Crippen molar-refractivity contribution in [3.05, 3.63) is 65.6 Å². The molecule has 0 fully saturated rings. The predicted molar refractivity (Wildman–Crippen MR) is 112 cm³/mol. The lowest BCUT2D eigenvalue weighted by Crippen LogP contribution is -2.03. The fraction of sp³-hybridized carbons (Fsp3) is 0.105. The van der Waals surface area contributed by atoms with E-state index in [0.717, 1.165) is 22.5 Å². The number of sulfone groups is 1. The normalized spacial score (nSPS) is 11.8. The Balaban J connectivity index is 1.74. The van der Waals surface area contributed by atoms with Crippen molar-refractivity contribution in [1.29, 1.82) is 0 Å². The fourth-order valence-electron chi connectivity index (χ4n) is 2.92. The van der Waals surface area contributed by atoms with Crippen LogP contribution in [0.1, 0.15) is 15.4 Å². The minimum Gasteiger partial charge on any atom is -0.477 e. The van der Waals surface area contributed by atoms with Gasteiger partial charge in [-0.15, -0.1) is 23.1 Å². The molecule has 29 heavy (non-hydrogen) atoms. The van der Waals surface area contributed by atoms with Gasteiger partial charge in [-0.3, -0.25) is 4.98 Å². The van der Waals surface area contributed by atoms with Gasteiger partial charge in [0.25, 0.3) is 0 Å². The second-order valence-corrected chi connectivity index (χ2v) is 10.2. The van der Waals surface area contributed by atoms with Gasteiger partial charge in [-0.2, -0.15) is 0 Å². The van der Waals surface area contributed by atoms with Gasteiger partial charge in [0, 0.05) is 6.20 Å². The van der Waals surface area contributed by atoms with Crippen LogP contribution >= 0.6 is 23.1 Å². The summed E-state index contributed by atoms with van der Waals surface area (Å²) in [7, 11) is -3.87. The first-order valence-corrected chi connectivity index (χ1v) is 11.9. The minimum absolute atomic E-state index is 0.00589. The molecule has 1 N–H and O–H groups in total. The van der Waals surface area contributed by atoms with Gasteiger partial charge in [-0.1, -0.05) is 6.07 Å². The summed E-state index contributed by atoms with van der Waals surface area (Å²) in [6.07, 6.45) is 5.09. The molecule has 0 spiro atoms. The first-order chi connectivity index (χ1) is 13.9. The summed E-state index contributed by atoms with van der Waals surface area (Å²) < 4.78 is 28.6. The molecule has 0 bridgehead atoms. The first-order valence-electron chi connectivity index (χ1n) is 8.41. The maximum Gasteiger partial charge on any atom is 0.345 e. The van der Waals surface area contributed by atoms with Gasteiger partial charge in [0.2, 0.25) is 9.84 Å². The van der Waals surface area contributed by atoms with Crippen molar-refractivity contribution in [2.24, 2.45) is 0 Å². The summed E-state index contributed by atoms with van der Waals surface area (Å²) in [5, 5.41) is 9.21. The van der Waals surface area contributed by atoms with Gasteiger partial charge in [-0.25, -0.2) is 18.2 Å². The summed E-state index contributed by atoms with van der Waals surface area (Å²) in [6.45, 7) is 0.520. The number of pyridine rings is 1. The molecule has 7 nitrogen and oxygen atoms in total. The molecule has 3 heterocycles. The smallest absolute Gasteiger partial charge is 0.345 e. The summed E-state index contributed by atoms with van der Waals surface area (Å²) >= 11 is 2.17. The number of carboxylic acid groups (broad SMARTS) is 1. The molecule has 0 radical (unpaired) electrons. The molecule has 0 aliphatic rings. The maximum absolute atomic E-state index is 13.1. The van der Waals surface area contributed by atoms with E-state index in [0.29, 0.717) is 16.3 Å². The largest absolute Gasteiger partial charge is 0.477 e. The monoisotopic (exact) mass is 445 g/mol. The fourth-order valence-corrected chi connectivity index (χ4v) is 6.78. The number of nitrogens with zero attached hydrogens (tertiary/aromatic N) is 3. The number of hydrogen-bond acceptors (Lipinski definition) is 7. The van der Waals surface area contributed by atoms with E-state index in [2.05, 4.69) is 9.97 Å². The number of thioether (sulfide) groups is 1. The number of imidazole rings is 1. The Morgan fingerprint density at radius 3 is 2.72 bits per heavy atom. The maximum atomic E-state index is 13.1. The number of aromatic nitrogens is 3. The zero-order chi connectivity index (χ0) is 20.6. The molecule has 0 atom stereocenters. The summed E-state index contributed by atoms with van der Waals surface area (Å²) in [6, 6.07) is 11.6. The highest BCUT2D eigenvalue weighted by molar-refractivity contribution is 8.01. The number of benzene rings is 1. The number of hydrogen-bond donors (Lipinski definition) is 1. The number of rotatable bonds is 6. The standard InChI is InChI=1S/C19H15N3O4S3/c1-27-19-17(9-16(28-19)18(23)24)29(25,26)13-5-6-15-14(8-13)21-11-22(15)10-12-4-2-3-7-20-12/h2-9,11H,10H2,1H3,(H,23,24). The van der Waals surface area contributed by atoms with Gasteiger partial charge < -0.3 is 9.67 Å². The average Bonchev–Trinajstić information content (AvgIpc) is 3.33. The molecule has 10 heteroatoms. The SMILES string of the molecule is CSc1sc(C(=O)O)cc1S(=O)(=O)c1ccc2c(c1)ncn2Cc1ccccn1. The quantitative estimate of drug-likeness (QED) is 0.450. The Morgan fingerprint density at radius 2 is 2.03 bits per heavy atom. The Morgan fingerprint density at radius 1 is 1.21 bits per heavy atom. The second-order valence-electron chi connectivity index (χ2n) is 6.12. The molecule has 0 aliphatic carbocycles. The van der Waals surface area contributed by atoms with E-state index in [9.17, 15) is 18.3 Å². The third-order valence-corrected chi connectivity index (χ3v) is 8.61. The Bertz CT molecular complexity index is 1310. The average molecular weight is 446 g/mol. The Hall–Kier alpha value is -2.69. The molecule has 0 unspecified atom stereocenters. The van der Waals surface area contributed by atoms with Crippen LogP contribution in [0, 0.1) is 0 Å². The molecule has 0 saturated carbocycles. The Labute approximate surface area is 175 Å². The highest BCUT2D eigenvalue weighted by Crippen LogP contribution is 2.37. The van der Waals surface area contributed by atoms with Gasteiger partial charge in [0.05, 0.1) is 43.6 Å². The van der Waals surface area contributed by atoms with Crippen molar-refractivity contribution in [3.63, 3.8) is 0 Å². The summed E-state index contributed by atoms with van der Waals surface area (Å²) in [5.41, 5.74) is 2.20. The topological polar surface area (TPSA) is 102 Å². The van der Waals surface area contributed by atoms with Crippen LogP contribution in [-0.2, 0) is 16.4 Å². The number of aromatic carboxylic acids is 1. The highest BCUT2D eigenvalue weighted by Gasteiger charge is 2.26. The lowest BCUT2D eigenvalue weighted by atomic mass is 10.3. The van der Waals surface area contributed by atoms with Gasteiger partial charge in [-0.05, 0) is 42.7 Å². The van der Waals surface area contributed by atoms with Crippen LogP contribution in [0.15, 0.2) is 69.0 Å². The van der Waals surface area contributed by atoms with Crippen LogP contribution in [0.5, 0.6) is 0 Å². The third kappa shape index (κ3) is 3.66. The minimum atomic E-state index is -3.87. The van der Waals surface area contributed by atoms with E-state index < -0.39 is 15.8 Å². The number of fused-ring (bicyclic) bond motifs is 1. The molecule has 4 rings (SSSR count). The van der Waals surface area contributed by atoms with E-state index >= 15 is 0 Å². The van der Waals surface area contributed by atoms with Crippen molar-refractivity contribution in [2.45, 2.75) is 20.5 Å². The van der Waals surface area contributed by atoms with Gasteiger partial charge in [0.15, 0.2) is 0 Å². The highest BCUT2D eigenvalue weighted by atomic mass is 32.2. The molecule has 0 amide bonds. The molecule has 1 aromatic carbocycles. The lowest BCUT2D eigenvalue weighted by Gasteiger charge is -2.06. The third-order valence-electron chi connectivity index (χ3n) is 4.31. The molecule has 0 aliphatic heterocycles. The number of carbonyl (C=O) groups is 1. The van der Waals surface area contributed by atoms with E-state index in [4.69, 9.17) is 0 Å². The van der Waals surface area contributed by atoms with Crippen LogP contribution in [0.2, 0.25) is 0 Å². The van der Waals surface area contributed by atoms with Crippen LogP contribution in [0.4, 0.5) is 0 Å². The van der Waals surface area contributed by atoms with Crippen molar-refractivity contribution < 1.29 is 18.3 Å². The summed E-state index contributed by atoms with van der Waals surface area (Å²) in [4.78, 5) is 20.0. The second kappa shape index (κ2) is 7.62. The molecular weight excluding hydrogens is 430 g/mol. The van der Waals surface area contributed by atoms with Crippen LogP contribution in [0.25, 0.3) is 11.0 Å². The van der Waals surface area contributed by atoms with Crippen LogP contribution in [0.3, 0.4) is 0 Å². The first kappa shape index (κ1) is 19.6. The molecule has 0 saturated heterocycles. The van der Waals surface area contributed by atoms with E-state index in [1.165, 1.54) is 30.0 Å². The zero-order valence-corrected chi connectivity index (χ0v) is 17.6. The van der Waals surface area contributed by atoms with Gasteiger partial charge >= 0.3 is 5.97 Å². The molecule has 148 valence electrons. The summed E-state index contributed by atoms with van der Waals surface area (Å²) in [5.74, 6) is -1.14.